The number of nitrogens with two attached hydrogens (primary N) is 1. The molecule has 2 rings (SSSR count). The summed E-state index contributed by atoms with van der Waals surface area (Å²) in [6.45, 7) is 0.151. The third-order valence-corrected chi connectivity index (χ3v) is 1.97. The zero-order valence-corrected chi connectivity index (χ0v) is 8.83. The van der Waals surface area contributed by atoms with Crippen molar-refractivity contribution in [2.75, 3.05) is 5.32 Å². The first kappa shape index (κ1) is 10.8. The van der Waals surface area contributed by atoms with Gasteiger partial charge >= 0.3 is 6.01 Å². The first-order valence-electron chi connectivity index (χ1n) is 4.43. The van der Waals surface area contributed by atoms with Crippen LogP contribution < -0.4 is 11.1 Å². The smallest absolute Gasteiger partial charge is 0.320 e. The number of anilines is 2. The summed E-state index contributed by atoms with van der Waals surface area (Å²) >= 11 is 5.68. The zero-order chi connectivity index (χ0) is 11.5. The van der Waals surface area contributed by atoms with Gasteiger partial charge in [0.25, 0.3) is 0 Å². The van der Waals surface area contributed by atoms with E-state index in [0.29, 0.717) is 11.6 Å². The molecule has 84 valence electrons. The van der Waals surface area contributed by atoms with Crippen LogP contribution in [0.1, 0.15) is 5.89 Å². The third kappa shape index (κ3) is 2.47. The normalized spacial score (nSPS) is 10.4. The molecule has 0 spiro atoms. The van der Waals surface area contributed by atoms with Gasteiger partial charge in [0.15, 0.2) is 0 Å². The molecule has 0 bridgehead atoms. The number of nitrogens with zero attached hydrogens (tertiary/aromatic N) is 2. The number of nitrogens with one attached hydrogen (secondary N) is 1. The Morgan fingerprint density at radius 1 is 1.38 bits per heavy atom. The molecule has 1 aromatic heterocycles. The van der Waals surface area contributed by atoms with E-state index in [9.17, 15) is 4.39 Å². The Labute approximate surface area is 95.4 Å². The minimum atomic E-state index is -0.450. The molecule has 0 amide bonds. The molecule has 0 radical (unpaired) electrons. The number of rotatable bonds is 3. The predicted molar refractivity (Wildman–Crippen MR) is 56.9 cm³/mol. The van der Waals surface area contributed by atoms with Gasteiger partial charge in [-0.2, -0.15) is 0 Å². The van der Waals surface area contributed by atoms with Crippen molar-refractivity contribution in [3.05, 3.63) is 34.9 Å². The van der Waals surface area contributed by atoms with Crippen LogP contribution in [0.25, 0.3) is 0 Å². The first-order valence-corrected chi connectivity index (χ1v) is 4.81. The van der Waals surface area contributed by atoms with Gasteiger partial charge in [-0.25, -0.2) is 4.39 Å². The standard InChI is InChI=1S/C9H8ClFN4O/c10-5-1-6(11)3-7(2-5)13-9-15-14-8(4-12)16-9/h1-3H,4,12H2,(H,13,15). The van der Waals surface area contributed by atoms with E-state index in [1.165, 1.54) is 18.2 Å². The monoisotopic (exact) mass is 242 g/mol. The van der Waals surface area contributed by atoms with Crippen molar-refractivity contribution < 1.29 is 8.81 Å². The highest BCUT2D eigenvalue weighted by Gasteiger charge is 2.05. The van der Waals surface area contributed by atoms with Crippen LogP contribution in [0.5, 0.6) is 0 Å². The number of halogens is 2. The Morgan fingerprint density at radius 3 is 2.81 bits per heavy atom. The third-order valence-electron chi connectivity index (χ3n) is 1.76. The summed E-state index contributed by atoms with van der Waals surface area (Å²) in [6.07, 6.45) is 0. The fourth-order valence-electron chi connectivity index (χ4n) is 1.14. The van der Waals surface area contributed by atoms with E-state index in [1.807, 2.05) is 0 Å². The van der Waals surface area contributed by atoms with E-state index in [2.05, 4.69) is 15.5 Å². The van der Waals surface area contributed by atoms with Gasteiger partial charge in [0.05, 0.1) is 6.54 Å². The predicted octanol–water partition coefficient (Wildman–Crippen LogP) is 2.06. The van der Waals surface area contributed by atoms with Crippen molar-refractivity contribution in [3.8, 4) is 0 Å². The second-order valence-corrected chi connectivity index (χ2v) is 3.42. The summed E-state index contributed by atoms with van der Waals surface area (Å²) in [5.74, 6) is -0.154. The minimum absolute atomic E-state index is 0.141. The van der Waals surface area contributed by atoms with Gasteiger partial charge in [0.1, 0.15) is 5.82 Å². The first-order chi connectivity index (χ1) is 7.67. The summed E-state index contributed by atoms with van der Waals surface area (Å²) in [5.41, 5.74) is 5.73. The van der Waals surface area contributed by atoms with Crippen LogP contribution in [-0.4, -0.2) is 10.2 Å². The van der Waals surface area contributed by atoms with Crippen LogP contribution in [0.15, 0.2) is 22.6 Å². The Hall–Kier alpha value is -1.66. The molecule has 16 heavy (non-hydrogen) atoms. The van der Waals surface area contributed by atoms with Gasteiger partial charge < -0.3 is 15.5 Å². The molecule has 0 aliphatic heterocycles. The van der Waals surface area contributed by atoms with E-state index >= 15 is 0 Å². The summed E-state index contributed by atoms with van der Waals surface area (Å²) in [4.78, 5) is 0. The maximum atomic E-state index is 13.0. The Morgan fingerprint density at radius 2 is 2.19 bits per heavy atom. The van der Waals surface area contributed by atoms with Crippen molar-refractivity contribution in [2.45, 2.75) is 6.54 Å². The van der Waals surface area contributed by atoms with Crippen LogP contribution in [0.3, 0.4) is 0 Å². The SMILES string of the molecule is NCc1nnc(Nc2cc(F)cc(Cl)c2)o1. The van der Waals surface area contributed by atoms with Gasteiger partial charge in [-0.1, -0.05) is 16.7 Å². The van der Waals surface area contributed by atoms with Gasteiger partial charge in [0.2, 0.25) is 5.89 Å². The second kappa shape index (κ2) is 4.46. The maximum Gasteiger partial charge on any atom is 0.320 e. The van der Waals surface area contributed by atoms with Crippen molar-refractivity contribution in [1.29, 1.82) is 0 Å². The van der Waals surface area contributed by atoms with Crippen molar-refractivity contribution >= 4 is 23.3 Å². The highest BCUT2D eigenvalue weighted by Crippen LogP contribution is 2.21. The van der Waals surface area contributed by atoms with Gasteiger partial charge in [-0.05, 0) is 18.2 Å². The molecule has 1 heterocycles. The molecule has 1 aromatic carbocycles. The molecule has 0 saturated carbocycles. The average Bonchev–Trinajstić information content (AvgIpc) is 2.64. The van der Waals surface area contributed by atoms with E-state index in [-0.39, 0.29) is 17.6 Å². The van der Waals surface area contributed by atoms with Crippen LogP contribution in [-0.2, 0) is 6.54 Å². The molecule has 0 saturated heterocycles. The number of hydrogen-bond acceptors (Lipinski definition) is 5. The fourth-order valence-corrected chi connectivity index (χ4v) is 1.36. The van der Waals surface area contributed by atoms with Crippen molar-refractivity contribution in [2.24, 2.45) is 5.73 Å². The van der Waals surface area contributed by atoms with Crippen LogP contribution >= 0.6 is 11.6 Å². The van der Waals surface area contributed by atoms with E-state index < -0.39 is 5.82 Å². The molecule has 2 aromatic rings. The lowest BCUT2D eigenvalue weighted by molar-refractivity contribution is 0.511. The van der Waals surface area contributed by atoms with Gasteiger partial charge in [-0.3, -0.25) is 0 Å². The quantitative estimate of drug-likeness (QED) is 0.862. The summed E-state index contributed by atoms with van der Waals surface area (Å²) in [5, 5.41) is 10.3. The molecule has 0 fully saturated rings. The molecular formula is C9H8ClFN4O. The number of benzene rings is 1. The van der Waals surface area contributed by atoms with Crippen molar-refractivity contribution in [3.63, 3.8) is 0 Å². The van der Waals surface area contributed by atoms with Crippen molar-refractivity contribution in [1.82, 2.24) is 10.2 Å². The summed E-state index contributed by atoms with van der Waals surface area (Å²) < 4.78 is 18.1. The highest BCUT2D eigenvalue weighted by atomic mass is 35.5. The average molecular weight is 243 g/mol. The molecule has 7 heteroatoms. The second-order valence-electron chi connectivity index (χ2n) is 2.99. The van der Waals surface area contributed by atoms with Crippen LogP contribution in [0.4, 0.5) is 16.1 Å². The summed E-state index contributed by atoms with van der Waals surface area (Å²) in [7, 11) is 0. The number of aromatic nitrogens is 2. The van der Waals surface area contributed by atoms with Gasteiger partial charge in [0, 0.05) is 10.7 Å². The Kier molecular flexibility index (Phi) is 3.02. The van der Waals surface area contributed by atoms with Gasteiger partial charge in [-0.15, -0.1) is 5.10 Å². The Bertz CT molecular complexity index is 482. The van der Waals surface area contributed by atoms with E-state index in [4.69, 9.17) is 21.8 Å². The molecule has 0 unspecified atom stereocenters. The molecule has 3 N–H and O–H groups in total. The Balaban J connectivity index is 2.19. The minimum Gasteiger partial charge on any atom is -0.406 e. The fraction of sp³-hybridized carbons (Fsp3) is 0.111. The molecule has 0 aliphatic rings. The molecular weight excluding hydrogens is 235 g/mol. The zero-order valence-electron chi connectivity index (χ0n) is 8.08. The molecule has 0 atom stereocenters. The lowest BCUT2D eigenvalue weighted by Crippen LogP contribution is -1.95. The number of hydrogen-bond donors (Lipinski definition) is 2. The van der Waals surface area contributed by atoms with E-state index in [0.717, 1.165) is 0 Å². The maximum absolute atomic E-state index is 13.0. The largest absolute Gasteiger partial charge is 0.406 e. The van der Waals surface area contributed by atoms with E-state index in [1.54, 1.807) is 0 Å². The lowest BCUT2D eigenvalue weighted by atomic mass is 10.3. The molecule has 0 aliphatic carbocycles. The van der Waals surface area contributed by atoms with Crippen LogP contribution in [0, 0.1) is 5.82 Å². The highest BCUT2D eigenvalue weighted by molar-refractivity contribution is 6.30. The topological polar surface area (TPSA) is 77.0 Å². The lowest BCUT2D eigenvalue weighted by Gasteiger charge is -2.01. The van der Waals surface area contributed by atoms with Crippen LogP contribution in [0.2, 0.25) is 5.02 Å². The molecule has 5 nitrogen and oxygen atoms in total. The summed E-state index contributed by atoms with van der Waals surface area (Å²) in [6, 6.07) is 4.14.